The fourth-order valence-electron chi connectivity index (χ4n) is 3.20. The quantitative estimate of drug-likeness (QED) is 0.490. The number of ketones is 1. The first-order valence-corrected chi connectivity index (χ1v) is 6.89. The molecule has 1 aliphatic carbocycles. The second-order valence-corrected chi connectivity index (χ2v) is 6.66. The van der Waals surface area contributed by atoms with Gasteiger partial charge in [-0.2, -0.15) is 0 Å². The number of allylic oxidation sites excluding steroid dienone is 1. The zero-order chi connectivity index (χ0) is 13.1. The molecule has 2 saturated heterocycles. The van der Waals surface area contributed by atoms with Gasteiger partial charge in [-0.3, -0.25) is 4.79 Å². The number of hydrogen-bond acceptors (Lipinski definition) is 3. The van der Waals surface area contributed by atoms with E-state index in [1.54, 1.807) is 0 Å². The van der Waals surface area contributed by atoms with Gasteiger partial charge < -0.3 is 9.47 Å². The van der Waals surface area contributed by atoms with Crippen molar-refractivity contribution < 1.29 is 14.3 Å². The number of rotatable bonds is 0. The van der Waals surface area contributed by atoms with Crippen molar-refractivity contribution in [3.63, 3.8) is 0 Å². The van der Waals surface area contributed by atoms with Gasteiger partial charge in [-0.05, 0) is 46.1 Å². The molecule has 1 saturated carbocycles. The molecule has 0 aromatic rings. The Hall–Kier alpha value is -0.670. The fraction of sp³-hybridized carbons (Fsp3) is 0.800. The highest BCUT2D eigenvalue weighted by molar-refractivity contribution is 5.97. The Morgan fingerprint density at radius 1 is 1.17 bits per heavy atom. The van der Waals surface area contributed by atoms with Crippen LogP contribution in [0.5, 0.6) is 0 Å². The van der Waals surface area contributed by atoms with E-state index in [9.17, 15) is 4.79 Å². The van der Waals surface area contributed by atoms with Gasteiger partial charge in [0, 0.05) is 12.8 Å². The molecule has 0 unspecified atom stereocenters. The molecule has 18 heavy (non-hydrogen) atoms. The average molecular weight is 250 g/mol. The lowest BCUT2D eigenvalue weighted by atomic mass is 9.85. The van der Waals surface area contributed by atoms with Crippen molar-refractivity contribution in [1.82, 2.24) is 0 Å². The first kappa shape index (κ1) is 12.4. The highest BCUT2D eigenvalue weighted by atomic mass is 16.6. The van der Waals surface area contributed by atoms with E-state index in [-0.39, 0.29) is 29.2 Å². The van der Waals surface area contributed by atoms with Crippen molar-refractivity contribution in [2.24, 2.45) is 0 Å². The van der Waals surface area contributed by atoms with Gasteiger partial charge in [0.15, 0.2) is 5.78 Å². The van der Waals surface area contributed by atoms with Crippen LogP contribution in [0, 0.1) is 0 Å². The van der Waals surface area contributed by atoms with Gasteiger partial charge in [-0.25, -0.2) is 0 Å². The molecule has 0 radical (unpaired) electrons. The molecule has 0 spiro atoms. The third-order valence-electron chi connectivity index (χ3n) is 4.81. The van der Waals surface area contributed by atoms with Crippen LogP contribution in [0.3, 0.4) is 0 Å². The van der Waals surface area contributed by atoms with Crippen molar-refractivity contribution in [3.05, 3.63) is 11.1 Å². The van der Waals surface area contributed by atoms with E-state index in [0.717, 1.165) is 30.4 Å². The van der Waals surface area contributed by atoms with E-state index >= 15 is 0 Å². The maximum absolute atomic E-state index is 12.4. The van der Waals surface area contributed by atoms with Crippen molar-refractivity contribution >= 4 is 5.78 Å². The summed E-state index contributed by atoms with van der Waals surface area (Å²) in [6.45, 7) is 8.26. The van der Waals surface area contributed by atoms with Gasteiger partial charge in [0.1, 0.15) is 0 Å². The minimum Gasteiger partial charge on any atom is -0.366 e. The van der Waals surface area contributed by atoms with Gasteiger partial charge in [0.05, 0.1) is 23.4 Å². The molecule has 0 aromatic carbocycles. The Morgan fingerprint density at radius 2 is 1.83 bits per heavy atom. The largest absolute Gasteiger partial charge is 0.366 e. The molecule has 0 bridgehead atoms. The zero-order valence-corrected chi connectivity index (χ0v) is 11.7. The van der Waals surface area contributed by atoms with Crippen LogP contribution >= 0.6 is 0 Å². The standard InChI is InChI=1S/C15H22O3/c1-9(2)10-7-13-14(3,18-13)6-5-12-15(4,17-12)8-11(10)16/h12-13H,5-8H2,1-4H3/t12-,13-,14-,15+/m1/s1. The summed E-state index contributed by atoms with van der Waals surface area (Å²) < 4.78 is 11.6. The minimum atomic E-state index is -0.212. The molecule has 2 aliphatic heterocycles. The number of fused-ring (bicyclic) bond motifs is 2. The summed E-state index contributed by atoms with van der Waals surface area (Å²) in [4.78, 5) is 12.4. The smallest absolute Gasteiger partial charge is 0.161 e. The first-order chi connectivity index (χ1) is 8.34. The lowest BCUT2D eigenvalue weighted by molar-refractivity contribution is -0.116. The number of epoxide rings is 2. The Bertz CT molecular complexity index is 435. The second kappa shape index (κ2) is 3.67. The molecule has 0 amide bonds. The Labute approximate surface area is 109 Å². The van der Waals surface area contributed by atoms with E-state index < -0.39 is 0 Å². The van der Waals surface area contributed by atoms with E-state index in [1.807, 2.05) is 13.8 Å². The number of hydrogen-bond donors (Lipinski definition) is 0. The summed E-state index contributed by atoms with van der Waals surface area (Å²) in [6, 6.07) is 0. The lowest BCUT2D eigenvalue weighted by Crippen LogP contribution is -2.23. The van der Waals surface area contributed by atoms with Crippen LogP contribution in [0.15, 0.2) is 11.1 Å². The van der Waals surface area contributed by atoms with E-state index in [0.29, 0.717) is 6.42 Å². The number of carbonyl (C=O) groups excluding carboxylic acids is 1. The van der Waals surface area contributed by atoms with Gasteiger partial charge in [-0.1, -0.05) is 5.57 Å². The van der Waals surface area contributed by atoms with Crippen molar-refractivity contribution in [1.29, 1.82) is 0 Å². The van der Waals surface area contributed by atoms with Crippen molar-refractivity contribution in [2.45, 2.75) is 76.8 Å². The summed E-state index contributed by atoms with van der Waals surface area (Å²) in [5.74, 6) is 0.250. The molecule has 4 atom stereocenters. The second-order valence-electron chi connectivity index (χ2n) is 6.66. The molecule has 100 valence electrons. The van der Waals surface area contributed by atoms with E-state index in [4.69, 9.17) is 9.47 Å². The molecular formula is C15H22O3. The van der Waals surface area contributed by atoms with Crippen LogP contribution in [-0.4, -0.2) is 29.2 Å². The SMILES string of the molecule is CC(C)=C1C[C@H]2O[C@]2(C)CC[C@H]2O[C@@]2(C)CC1=O. The molecule has 3 heteroatoms. The van der Waals surface area contributed by atoms with Crippen LogP contribution in [0.25, 0.3) is 0 Å². The topological polar surface area (TPSA) is 42.1 Å². The maximum atomic E-state index is 12.4. The van der Waals surface area contributed by atoms with Crippen LogP contribution in [0.4, 0.5) is 0 Å². The van der Waals surface area contributed by atoms with E-state index in [1.165, 1.54) is 0 Å². The highest BCUT2D eigenvalue weighted by Crippen LogP contribution is 2.50. The van der Waals surface area contributed by atoms with Crippen molar-refractivity contribution in [3.8, 4) is 0 Å². The molecule has 3 fully saturated rings. The summed E-state index contributed by atoms with van der Waals surface area (Å²) in [7, 11) is 0. The molecule has 3 aliphatic rings. The van der Waals surface area contributed by atoms with Gasteiger partial charge >= 0.3 is 0 Å². The monoisotopic (exact) mass is 250 g/mol. The average Bonchev–Trinajstić information content (AvgIpc) is 3.09. The predicted octanol–water partition coefficient (Wildman–Crippen LogP) is 2.78. The zero-order valence-electron chi connectivity index (χ0n) is 11.7. The normalized spacial score (nSPS) is 47.1. The Balaban J connectivity index is 1.86. The Kier molecular flexibility index (Phi) is 2.52. The van der Waals surface area contributed by atoms with Gasteiger partial charge in [0.25, 0.3) is 0 Å². The fourth-order valence-corrected chi connectivity index (χ4v) is 3.20. The van der Waals surface area contributed by atoms with Crippen LogP contribution in [-0.2, 0) is 14.3 Å². The Morgan fingerprint density at radius 3 is 2.50 bits per heavy atom. The van der Waals surface area contributed by atoms with Gasteiger partial charge in [-0.15, -0.1) is 0 Å². The molecule has 3 rings (SSSR count). The molecule has 3 nitrogen and oxygen atoms in total. The lowest BCUT2D eigenvalue weighted by Gasteiger charge is -2.14. The van der Waals surface area contributed by atoms with E-state index in [2.05, 4.69) is 13.8 Å². The van der Waals surface area contributed by atoms with Crippen LogP contribution < -0.4 is 0 Å². The summed E-state index contributed by atoms with van der Waals surface area (Å²) >= 11 is 0. The predicted molar refractivity (Wildman–Crippen MR) is 68.4 cm³/mol. The maximum Gasteiger partial charge on any atom is 0.161 e. The molecule has 2 heterocycles. The number of carbonyl (C=O) groups is 1. The third kappa shape index (κ3) is 1.94. The van der Waals surface area contributed by atoms with Crippen LogP contribution in [0.1, 0.15) is 53.4 Å². The summed E-state index contributed by atoms with van der Waals surface area (Å²) in [6.07, 6.45) is 3.84. The van der Waals surface area contributed by atoms with Crippen molar-refractivity contribution in [2.75, 3.05) is 0 Å². The van der Waals surface area contributed by atoms with Gasteiger partial charge in [0.2, 0.25) is 0 Å². The molecular weight excluding hydrogens is 228 g/mol. The molecule has 0 N–H and O–H groups in total. The molecule has 0 aromatic heterocycles. The minimum absolute atomic E-state index is 0.0226. The first-order valence-electron chi connectivity index (χ1n) is 6.89. The third-order valence-corrected chi connectivity index (χ3v) is 4.81. The van der Waals surface area contributed by atoms with Crippen LogP contribution in [0.2, 0.25) is 0 Å². The number of ether oxygens (including phenoxy) is 2. The summed E-state index contributed by atoms with van der Waals surface area (Å²) in [5.41, 5.74) is 1.85. The number of Topliss-reactive ketones (excluding diaryl/α,β-unsaturated/α-hetero) is 1. The summed E-state index contributed by atoms with van der Waals surface area (Å²) in [5, 5.41) is 0. The highest BCUT2D eigenvalue weighted by Gasteiger charge is 2.58.